The van der Waals surface area contributed by atoms with Gasteiger partial charge in [0, 0.05) is 5.69 Å². The monoisotopic (exact) mass is 356 g/mol. The molecule has 0 radical (unpaired) electrons. The van der Waals surface area contributed by atoms with E-state index in [9.17, 15) is 4.79 Å². The predicted octanol–water partition coefficient (Wildman–Crippen LogP) is -0.305. The van der Waals surface area contributed by atoms with Gasteiger partial charge in [0.25, 0.3) is 0 Å². The van der Waals surface area contributed by atoms with Crippen molar-refractivity contribution >= 4 is 11.7 Å². The van der Waals surface area contributed by atoms with E-state index in [4.69, 9.17) is 10.5 Å². The van der Waals surface area contributed by atoms with Crippen LogP contribution >= 0.6 is 0 Å². The van der Waals surface area contributed by atoms with Crippen molar-refractivity contribution in [3.05, 3.63) is 29.8 Å². The van der Waals surface area contributed by atoms with Gasteiger partial charge in [-0.2, -0.15) is 0 Å². The zero-order valence-corrected chi connectivity index (χ0v) is 15.9. The average Bonchev–Trinajstić information content (AvgIpc) is 2.55. The summed E-state index contributed by atoms with van der Waals surface area (Å²) in [4.78, 5) is 13.5. The lowest BCUT2D eigenvalue weighted by Gasteiger charge is -2.19. The molecule has 24 heavy (non-hydrogen) atoms. The van der Waals surface area contributed by atoms with E-state index >= 15 is 0 Å². The Morgan fingerprint density at radius 3 is 2.00 bits per heavy atom. The van der Waals surface area contributed by atoms with Crippen LogP contribution in [0.4, 0.5) is 5.69 Å². The number of anilines is 1. The van der Waals surface area contributed by atoms with Crippen molar-refractivity contribution in [3.8, 4) is 0 Å². The Kier molecular flexibility index (Phi) is 13.4. The number of hydrogen-bond acceptors (Lipinski definition) is 3. The van der Waals surface area contributed by atoms with Crippen LogP contribution in [0.2, 0.25) is 0 Å². The summed E-state index contributed by atoms with van der Waals surface area (Å²) >= 11 is 0. The molecule has 0 fully saturated rings. The van der Waals surface area contributed by atoms with E-state index in [0.717, 1.165) is 6.54 Å². The Bertz CT molecular complexity index is 427. The van der Waals surface area contributed by atoms with E-state index in [1.807, 2.05) is 0 Å². The first kappa shape index (κ1) is 22.7. The standard InChI is InChI=1S/C19H32N2O2.ClH/c1-3-5-7-13-21(14-8-6-4-2)15-16-23-19(22)17-9-11-18(20)12-10-17;/h9-12H,3-8,13-16,20H2,1-2H3;1H. The Labute approximate surface area is 153 Å². The van der Waals surface area contributed by atoms with E-state index in [-0.39, 0.29) is 18.4 Å². The number of esters is 1. The van der Waals surface area contributed by atoms with Crippen LogP contribution in [0.5, 0.6) is 0 Å². The number of ether oxygens (including phenoxy) is 1. The van der Waals surface area contributed by atoms with Crippen molar-refractivity contribution in [1.82, 2.24) is 0 Å². The number of halogens is 1. The molecule has 1 aromatic carbocycles. The fourth-order valence-corrected chi connectivity index (χ4v) is 2.62. The highest BCUT2D eigenvalue weighted by Gasteiger charge is 2.11. The number of rotatable bonds is 12. The first-order valence-corrected chi connectivity index (χ1v) is 9.03. The second-order valence-corrected chi connectivity index (χ2v) is 6.17. The second-order valence-electron chi connectivity index (χ2n) is 6.17. The summed E-state index contributed by atoms with van der Waals surface area (Å²) in [6, 6.07) is 6.88. The summed E-state index contributed by atoms with van der Waals surface area (Å²) in [5.41, 5.74) is 6.85. The van der Waals surface area contributed by atoms with Crippen LogP contribution in [0, 0.1) is 0 Å². The van der Waals surface area contributed by atoms with E-state index in [1.165, 1.54) is 51.6 Å². The molecule has 0 aromatic heterocycles. The Morgan fingerprint density at radius 1 is 0.958 bits per heavy atom. The van der Waals surface area contributed by atoms with Crippen LogP contribution in [0.3, 0.4) is 0 Å². The molecule has 0 aliphatic rings. The number of nitrogen functional groups attached to an aromatic ring is 1. The van der Waals surface area contributed by atoms with Crippen molar-refractivity contribution in [2.45, 2.75) is 52.4 Å². The Balaban J connectivity index is 0.00000529. The summed E-state index contributed by atoms with van der Waals surface area (Å²) in [7, 11) is 0. The second kappa shape index (κ2) is 14.1. The molecule has 0 amide bonds. The number of nitrogens with two attached hydrogens (primary N) is 1. The highest BCUT2D eigenvalue weighted by molar-refractivity contribution is 5.89. The van der Waals surface area contributed by atoms with Crippen molar-refractivity contribution < 1.29 is 26.8 Å². The maximum absolute atomic E-state index is 12.0. The molecule has 3 N–H and O–H groups in total. The van der Waals surface area contributed by atoms with Crippen molar-refractivity contribution in [2.75, 3.05) is 32.0 Å². The van der Waals surface area contributed by atoms with E-state index in [0.29, 0.717) is 17.9 Å². The molecular formula is C19H33ClN2O2. The van der Waals surface area contributed by atoms with E-state index in [1.54, 1.807) is 29.2 Å². The molecule has 0 unspecified atom stereocenters. The van der Waals surface area contributed by atoms with Gasteiger partial charge in [-0.15, -0.1) is 0 Å². The van der Waals surface area contributed by atoms with Crippen LogP contribution in [0.25, 0.3) is 0 Å². The van der Waals surface area contributed by atoms with Crippen LogP contribution in [0.1, 0.15) is 62.7 Å². The molecule has 0 atom stereocenters. The summed E-state index contributed by atoms with van der Waals surface area (Å²) in [6.07, 6.45) is 7.56. The molecule has 0 saturated carbocycles. The fourth-order valence-electron chi connectivity index (χ4n) is 2.62. The van der Waals surface area contributed by atoms with Gasteiger partial charge >= 0.3 is 5.97 Å². The smallest absolute Gasteiger partial charge is 0.338 e. The van der Waals surface area contributed by atoms with Crippen LogP contribution in [-0.4, -0.2) is 32.2 Å². The van der Waals surface area contributed by atoms with Gasteiger partial charge < -0.3 is 27.8 Å². The third-order valence-electron chi connectivity index (χ3n) is 4.10. The third-order valence-corrected chi connectivity index (χ3v) is 4.10. The van der Waals surface area contributed by atoms with Gasteiger partial charge in [-0.25, -0.2) is 4.79 Å². The molecule has 4 nitrogen and oxygen atoms in total. The number of quaternary nitrogens is 1. The third kappa shape index (κ3) is 9.78. The highest BCUT2D eigenvalue weighted by Crippen LogP contribution is 2.06. The molecule has 1 aromatic rings. The first-order valence-electron chi connectivity index (χ1n) is 9.03. The molecule has 0 saturated heterocycles. The van der Waals surface area contributed by atoms with Gasteiger partial charge in [0.2, 0.25) is 0 Å². The molecule has 0 heterocycles. The van der Waals surface area contributed by atoms with Gasteiger partial charge in [0.15, 0.2) is 0 Å². The van der Waals surface area contributed by atoms with Gasteiger partial charge in [0.05, 0.1) is 18.7 Å². The lowest BCUT2D eigenvalue weighted by Crippen LogP contribution is -3.12. The van der Waals surface area contributed by atoms with Gasteiger partial charge in [-0.3, -0.25) is 0 Å². The number of nitrogens with one attached hydrogen (secondary N) is 1. The zero-order chi connectivity index (χ0) is 16.9. The van der Waals surface area contributed by atoms with Crippen LogP contribution < -0.4 is 23.0 Å². The topological polar surface area (TPSA) is 56.8 Å². The SMILES string of the molecule is CCCCC[NH+](CCCCC)CCOC(=O)c1ccc(N)cc1.[Cl-]. The summed E-state index contributed by atoms with van der Waals surface area (Å²) in [5.74, 6) is -0.258. The Hall–Kier alpha value is -1.26. The van der Waals surface area contributed by atoms with E-state index in [2.05, 4.69) is 13.8 Å². The lowest BCUT2D eigenvalue weighted by atomic mass is 10.2. The van der Waals surface area contributed by atoms with Gasteiger partial charge in [0.1, 0.15) is 13.2 Å². The number of benzene rings is 1. The van der Waals surface area contributed by atoms with Crippen LogP contribution in [0.15, 0.2) is 24.3 Å². The maximum atomic E-state index is 12.0. The maximum Gasteiger partial charge on any atom is 0.338 e. The largest absolute Gasteiger partial charge is 1.00 e. The molecule has 0 spiro atoms. The minimum absolute atomic E-state index is 0. The summed E-state index contributed by atoms with van der Waals surface area (Å²) in [6.45, 7) is 8.19. The number of carbonyl (C=O) groups is 1. The molecular weight excluding hydrogens is 324 g/mol. The number of unbranched alkanes of at least 4 members (excludes halogenated alkanes) is 4. The van der Waals surface area contributed by atoms with Crippen molar-refractivity contribution in [1.29, 1.82) is 0 Å². The molecule has 5 heteroatoms. The van der Waals surface area contributed by atoms with Crippen LogP contribution in [-0.2, 0) is 4.74 Å². The quantitative estimate of drug-likeness (QED) is 0.307. The Morgan fingerprint density at radius 2 is 1.50 bits per heavy atom. The zero-order valence-electron chi connectivity index (χ0n) is 15.2. The lowest BCUT2D eigenvalue weighted by molar-refractivity contribution is -0.900. The minimum atomic E-state index is -0.258. The van der Waals surface area contributed by atoms with Gasteiger partial charge in [-0.05, 0) is 49.9 Å². The average molecular weight is 357 g/mol. The fraction of sp³-hybridized carbons (Fsp3) is 0.632. The molecule has 0 aliphatic heterocycles. The first-order chi connectivity index (χ1) is 11.2. The highest BCUT2D eigenvalue weighted by atomic mass is 35.5. The van der Waals surface area contributed by atoms with Gasteiger partial charge in [-0.1, -0.05) is 26.7 Å². The molecule has 1 rings (SSSR count). The minimum Gasteiger partial charge on any atom is -1.00 e. The predicted molar refractivity (Wildman–Crippen MR) is 95.8 cm³/mol. The molecule has 0 bridgehead atoms. The van der Waals surface area contributed by atoms with Crippen molar-refractivity contribution in [3.63, 3.8) is 0 Å². The molecule has 138 valence electrons. The number of hydrogen-bond donors (Lipinski definition) is 2. The molecule has 0 aliphatic carbocycles. The summed E-state index contributed by atoms with van der Waals surface area (Å²) < 4.78 is 5.41. The summed E-state index contributed by atoms with van der Waals surface area (Å²) in [5, 5.41) is 0. The number of carbonyl (C=O) groups excluding carboxylic acids is 1. The normalized spacial score (nSPS) is 10.5. The van der Waals surface area contributed by atoms with E-state index < -0.39 is 0 Å². The van der Waals surface area contributed by atoms with Crippen molar-refractivity contribution in [2.24, 2.45) is 0 Å².